The van der Waals surface area contributed by atoms with Crippen LogP contribution in [-0.2, 0) is 11.0 Å². The van der Waals surface area contributed by atoms with Gasteiger partial charge in [-0.1, -0.05) is 12.1 Å². The number of rotatable bonds is 7. The average Bonchev–Trinajstić information content (AvgIpc) is 3.40. The number of thiophene rings is 1. The van der Waals surface area contributed by atoms with Crippen LogP contribution in [0, 0.1) is 6.92 Å². The Morgan fingerprint density at radius 1 is 0.949 bits per heavy atom. The van der Waals surface area contributed by atoms with Crippen LogP contribution in [0.4, 0.5) is 17.3 Å². The maximum absolute atomic E-state index is 12.8. The Morgan fingerprint density at radius 2 is 1.67 bits per heavy atom. The van der Waals surface area contributed by atoms with Crippen LogP contribution in [0.25, 0.3) is 21.0 Å². The second kappa shape index (κ2) is 11.6. The van der Waals surface area contributed by atoms with Gasteiger partial charge in [0.1, 0.15) is 11.0 Å². The number of aromatic nitrogens is 2. The number of hydrogen-bond acceptors (Lipinski definition) is 7. The van der Waals surface area contributed by atoms with Crippen LogP contribution in [-0.4, -0.2) is 57.8 Å². The van der Waals surface area contributed by atoms with Crippen LogP contribution in [0.5, 0.6) is 0 Å². The van der Waals surface area contributed by atoms with Gasteiger partial charge in [-0.15, -0.1) is 11.3 Å². The van der Waals surface area contributed by atoms with Gasteiger partial charge in [0.05, 0.1) is 15.5 Å². The van der Waals surface area contributed by atoms with Crippen molar-refractivity contribution in [1.82, 2.24) is 19.6 Å². The normalized spacial score (nSPS) is 15.4. The quantitative estimate of drug-likeness (QED) is 0.285. The Kier molecular flexibility index (Phi) is 8.13. The fourth-order valence-corrected chi connectivity index (χ4v) is 6.59. The van der Waals surface area contributed by atoms with Gasteiger partial charge in [0.2, 0.25) is 5.95 Å². The minimum Gasteiger partial charge on any atom is -0.369 e. The molecule has 0 radical (unpaired) electrons. The van der Waals surface area contributed by atoms with Crippen LogP contribution < -0.4 is 14.9 Å². The predicted molar refractivity (Wildman–Crippen MR) is 164 cm³/mol. The maximum Gasteiger partial charge on any atom is 0.227 e. The van der Waals surface area contributed by atoms with E-state index in [1.54, 1.807) is 11.3 Å². The highest BCUT2D eigenvalue weighted by Gasteiger charge is 2.17. The van der Waals surface area contributed by atoms with Gasteiger partial charge in [0, 0.05) is 54.2 Å². The van der Waals surface area contributed by atoms with E-state index in [0.29, 0.717) is 5.95 Å². The number of hydrogen-bond donors (Lipinski definition) is 2. The highest BCUT2D eigenvalue weighted by Crippen LogP contribution is 2.36. The molecule has 1 fully saturated rings. The molecule has 0 amide bonds. The van der Waals surface area contributed by atoms with Gasteiger partial charge in [-0.2, -0.15) is 0 Å². The number of nitrogens with one attached hydrogen (secondary N) is 2. The highest BCUT2D eigenvalue weighted by atomic mass is 32.2. The molecule has 1 atom stereocenters. The van der Waals surface area contributed by atoms with Crippen molar-refractivity contribution >= 4 is 39.6 Å². The summed E-state index contributed by atoms with van der Waals surface area (Å²) in [4.78, 5) is 17.1. The summed E-state index contributed by atoms with van der Waals surface area (Å²) in [7, 11) is 0.895. The van der Waals surface area contributed by atoms with Gasteiger partial charge < -0.3 is 15.1 Å². The van der Waals surface area contributed by atoms with Crippen molar-refractivity contribution in [3.8, 4) is 21.0 Å². The van der Waals surface area contributed by atoms with Crippen LogP contribution in [0.2, 0.25) is 0 Å². The lowest BCUT2D eigenvalue weighted by molar-refractivity contribution is 0.313. The molecular formula is C30H36N6OS2. The molecule has 39 heavy (non-hydrogen) atoms. The molecule has 4 aromatic rings. The fourth-order valence-electron chi connectivity index (χ4n) is 4.42. The largest absolute Gasteiger partial charge is 0.369 e. The van der Waals surface area contributed by atoms with Crippen molar-refractivity contribution in [3.63, 3.8) is 0 Å². The Morgan fingerprint density at radius 3 is 2.38 bits per heavy atom. The third-order valence-electron chi connectivity index (χ3n) is 6.53. The van der Waals surface area contributed by atoms with Gasteiger partial charge in [0.25, 0.3) is 0 Å². The summed E-state index contributed by atoms with van der Waals surface area (Å²) in [6.07, 6.45) is 1.87. The smallest absolute Gasteiger partial charge is 0.227 e. The van der Waals surface area contributed by atoms with E-state index in [0.717, 1.165) is 63.3 Å². The van der Waals surface area contributed by atoms with E-state index in [-0.39, 0.29) is 5.54 Å². The molecule has 1 unspecified atom stereocenters. The monoisotopic (exact) mass is 560 g/mol. The van der Waals surface area contributed by atoms with Crippen LogP contribution in [0.3, 0.4) is 0 Å². The molecule has 1 aliphatic heterocycles. The number of benzene rings is 2. The van der Waals surface area contributed by atoms with Gasteiger partial charge in [0.15, 0.2) is 0 Å². The van der Waals surface area contributed by atoms with E-state index >= 15 is 0 Å². The second-order valence-corrected chi connectivity index (χ2v) is 13.3. The van der Waals surface area contributed by atoms with Crippen molar-refractivity contribution in [2.75, 3.05) is 43.4 Å². The summed E-state index contributed by atoms with van der Waals surface area (Å²) in [5.74, 6) is 0.573. The summed E-state index contributed by atoms with van der Waals surface area (Å²) < 4.78 is 15.9. The van der Waals surface area contributed by atoms with E-state index < -0.39 is 11.0 Å². The zero-order valence-electron chi connectivity index (χ0n) is 23.2. The molecule has 3 heterocycles. The SMILES string of the molecule is Cc1cnc(Nc2ccc(N3CCN(C)CC3)cc2)nc1-c1ccc(-c2cccc(S(=O)NC(C)(C)C)c2)s1. The molecule has 7 nitrogen and oxygen atoms in total. The molecule has 0 aliphatic carbocycles. The molecule has 1 aliphatic rings. The van der Waals surface area contributed by atoms with E-state index in [4.69, 9.17) is 4.98 Å². The standard InChI is InChI=1S/C30H36N6OS2/c1-21-20-31-29(32-23-9-11-24(12-10-23)36-17-15-35(5)16-18-36)33-28(21)27-14-13-26(38-27)22-7-6-8-25(19-22)39(37)34-30(2,3)4/h6-14,19-20,34H,15-18H2,1-5H3,(H,31,32,33). The number of likely N-dealkylation sites (N-methyl/N-ethyl adjacent to an activating group) is 1. The topological polar surface area (TPSA) is 73.4 Å². The Bertz CT molecular complexity index is 1450. The van der Waals surface area contributed by atoms with Crippen LogP contribution >= 0.6 is 11.3 Å². The maximum atomic E-state index is 12.8. The minimum absolute atomic E-state index is 0.236. The summed E-state index contributed by atoms with van der Waals surface area (Å²) >= 11 is 1.67. The molecule has 0 saturated carbocycles. The van der Waals surface area contributed by atoms with Gasteiger partial charge in [-0.3, -0.25) is 0 Å². The van der Waals surface area contributed by atoms with Gasteiger partial charge >= 0.3 is 0 Å². The lowest BCUT2D eigenvalue weighted by atomic mass is 10.1. The average molecular weight is 561 g/mol. The molecule has 0 spiro atoms. The molecule has 9 heteroatoms. The molecule has 2 aromatic carbocycles. The van der Waals surface area contributed by atoms with E-state index in [2.05, 4.69) is 74.3 Å². The summed E-state index contributed by atoms with van der Waals surface area (Å²) in [6.45, 7) is 12.3. The van der Waals surface area contributed by atoms with E-state index in [1.165, 1.54) is 5.69 Å². The molecule has 2 aromatic heterocycles. The van der Waals surface area contributed by atoms with Gasteiger partial charge in [-0.05, 0) is 94.4 Å². The highest BCUT2D eigenvalue weighted by molar-refractivity contribution is 7.83. The van der Waals surface area contributed by atoms with Gasteiger partial charge in [-0.25, -0.2) is 18.9 Å². The van der Waals surface area contributed by atoms with Crippen molar-refractivity contribution in [2.45, 2.75) is 38.1 Å². The van der Waals surface area contributed by atoms with Crippen molar-refractivity contribution in [2.24, 2.45) is 0 Å². The van der Waals surface area contributed by atoms with Crippen molar-refractivity contribution in [1.29, 1.82) is 0 Å². The second-order valence-electron chi connectivity index (χ2n) is 11.0. The van der Waals surface area contributed by atoms with E-state index in [9.17, 15) is 4.21 Å². The third-order valence-corrected chi connectivity index (χ3v) is 9.16. The minimum atomic E-state index is -1.28. The first-order valence-corrected chi connectivity index (χ1v) is 15.2. The zero-order chi connectivity index (χ0) is 27.6. The summed E-state index contributed by atoms with van der Waals surface area (Å²) in [6, 6.07) is 20.6. The first-order valence-electron chi connectivity index (χ1n) is 13.2. The Hall–Kier alpha value is -3.11. The fraction of sp³-hybridized carbons (Fsp3) is 0.333. The molecular weight excluding hydrogens is 525 g/mol. The third kappa shape index (κ3) is 6.91. The number of aryl methyl sites for hydroxylation is 1. The number of piperazine rings is 1. The Balaban J connectivity index is 1.31. The number of nitrogens with zero attached hydrogens (tertiary/aromatic N) is 4. The molecule has 204 valence electrons. The van der Waals surface area contributed by atoms with Crippen molar-refractivity contribution in [3.05, 3.63) is 72.4 Å². The van der Waals surface area contributed by atoms with Crippen LogP contribution in [0.1, 0.15) is 26.3 Å². The molecule has 1 saturated heterocycles. The zero-order valence-corrected chi connectivity index (χ0v) is 24.8. The molecule has 2 N–H and O–H groups in total. The summed E-state index contributed by atoms with van der Waals surface area (Å²) in [5.41, 5.74) is 4.93. The summed E-state index contributed by atoms with van der Waals surface area (Å²) in [5, 5.41) is 3.37. The Labute approximate surface area is 237 Å². The first kappa shape index (κ1) is 27.5. The van der Waals surface area contributed by atoms with Crippen molar-refractivity contribution < 1.29 is 4.21 Å². The number of anilines is 3. The molecule has 5 rings (SSSR count). The molecule has 0 bridgehead atoms. The lowest BCUT2D eigenvalue weighted by Gasteiger charge is -2.34. The van der Waals surface area contributed by atoms with E-state index in [1.807, 2.05) is 52.1 Å². The lowest BCUT2D eigenvalue weighted by Crippen LogP contribution is -2.44. The first-order chi connectivity index (χ1) is 18.6. The van der Waals surface area contributed by atoms with Crippen LogP contribution in [0.15, 0.2) is 71.8 Å². The predicted octanol–water partition coefficient (Wildman–Crippen LogP) is 6.09.